The van der Waals surface area contributed by atoms with Gasteiger partial charge in [0, 0.05) is 0 Å². The van der Waals surface area contributed by atoms with Crippen LogP contribution in [0.4, 0.5) is 0 Å². The molecular weight excluding hydrogens is 150 g/mol. The third-order valence-corrected chi connectivity index (χ3v) is 1.52. The van der Waals surface area contributed by atoms with Crippen molar-refractivity contribution in [1.82, 2.24) is 0 Å². The third-order valence-electron chi connectivity index (χ3n) is 1.52. The molecule has 0 N–H and O–H groups in total. The van der Waals surface area contributed by atoms with E-state index in [1.807, 2.05) is 37.3 Å². The molecule has 0 aromatic heterocycles. The Labute approximate surface area is 71.7 Å². The number of benzene rings is 1. The van der Waals surface area contributed by atoms with E-state index < -0.39 is 0 Å². The van der Waals surface area contributed by atoms with E-state index in [1.54, 1.807) is 6.26 Å². The van der Waals surface area contributed by atoms with Gasteiger partial charge >= 0.3 is 0 Å². The lowest BCUT2D eigenvalue weighted by Crippen LogP contribution is -1.78. The van der Waals surface area contributed by atoms with Crippen LogP contribution in [0.2, 0.25) is 0 Å². The van der Waals surface area contributed by atoms with Gasteiger partial charge in [-0.05, 0) is 18.1 Å². The fourth-order valence-corrected chi connectivity index (χ4v) is 0.884. The zero-order chi connectivity index (χ0) is 8.81. The number of nitriles is 1. The highest BCUT2D eigenvalue weighted by Gasteiger charge is 1.92. The van der Waals surface area contributed by atoms with Gasteiger partial charge in [0.15, 0.2) is 0 Å². The van der Waals surface area contributed by atoms with E-state index in [4.69, 9.17) is 5.26 Å². The first kappa shape index (κ1) is 8.35. The van der Waals surface area contributed by atoms with Crippen molar-refractivity contribution >= 4 is 5.57 Å². The van der Waals surface area contributed by atoms with Gasteiger partial charge in [0.05, 0.1) is 0 Å². The lowest BCUT2D eigenvalue weighted by molar-refractivity contribution is 0.430. The van der Waals surface area contributed by atoms with Crippen molar-refractivity contribution in [2.75, 3.05) is 0 Å². The maximum absolute atomic E-state index is 8.15. The van der Waals surface area contributed by atoms with Crippen LogP contribution in [0.25, 0.3) is 5.57 Å². The Morgan fingerprint density at radius 3 is 2.67 bits per heavy atom. The summed E-state index contributed by atoms with van der Waals surface area (Å²) >= 11 is 0. The monoisotopic (exact) mass is 159 g/mol. The van der Waals surface area contributed by atoms with Crippen LogP contribution in [0, 0.1) is 11.5 Å². The first-order valence-corrected chi connectivity index (χ1v) is 3.61. The first-order valence-electron chi connectivity index (χ1n) is 3.61. The summed E-state index contributed by atoms with van der Waals surface area (Å²) in [5.41, 5.74) is 2.00. The van der Waals surface area contributed by atoms with Crippen molar-refractivity contribution in [1.29, 1.82) is 5.26 Å². The molecule has 0 heterocycles. The van der Waals surface area contributed by atoms with Crippen molar-refractivity contribution in [3.63, 3.8) is 0 Å². The fraction of sp³-hybridized carbons (Fsp3) is 0.100. The van der Waals surface area contributed by atoms with E-state index in [0.717, 1.165) is 11.1 Å². The molecule has 0 unspecified atom stereocenters. The molecule has 0 amide bonds. The Bertz CT molecular complexity index is 308. The number of rotatable bonds is 2. The average molecular weight is 159 g/mol. The van der Waals surface area contributed by atoms with Crippen LogP contribution in [0.1, 0.15) is 12.5 Å². The molecule has 0 aliphatic rings. The molecule has 12 heavy (non-hydrogen) atoms. The molecule has 0 bridgehead atoms. The van der Waals surface area contributed by atoms with Crippen molar-refractivity contribution in [3.8, 4) is 6.26 Å². The van der Waals surface area contributed by atoms with Crippen molar-refractivity contribution in [3.05, 3.63) is 42.2 Å². The average Bonchev–Trinajstić information content (AvgIpc) is 2.15. The predicted molar refractivity (Wildman–Crippen MR) is 46.8 cm³/mol. The van der Waals surface area contributed by atoms with Crippen LogP contribution >= 0.6 is 0 Å². The van der Waals surface area contributed by atoms with Crippen molar-refractivity contribution in [2.24, 2.45) is 0 Å². The van der Waals surface area contributed by atoms with Crippen LogP contribution in [0.5, 0.6) is 0 Å². The minimum atomic E-state index is 0.942. The minimum Gasteiger partial charge on any atom is -0.396 e. The molecule has 0 aliphatic heterocycles. The van der Waals surface area contributed by atoms with E-state index in [9.17, 15) is 0 Å². The summed E-state index contributed by atoms with van der Waals surface area (Å²) in [7, 11) is 0. The minimum absolute atomic E-state index is 0.942. The molecule has 1 aromatic rings. The number of nitrogens with zero attached hydrogens (tertiary/aromatic N) is 1. The van der Waals surface area contributed by atoms with Gasteiger partial charge in [-0.3, -0.25) is 0 Å². The lowest BCUT2D eigenvalue weighted by Gasteiger charge is -1.97. The molecule has 0 saturated carbocycles. The first-order chi connectivity index (χ1) is 5.84. The quantitative estimate of drug-likeness (QED) is 0.490. The smallest absolute Gasteiger partial charge is 0.291 e. The molecule has 0 saturated heterocycles. The van der Waals surface area contributed by atoms with E-state index >= 15 is 0 Å². The molecule has 0 spiro atoms. The zero-order valence-corrected chi connectivity index (χ0v) is 6.82. The normalized spacial score (nSPS) is 10.5. The summed E-state index contributed by atoms with van der Waals surface area (Å²) < 4.78 is 4.49. The van der Waals surface area contributed by atoms with E-state index in [1.165, 1.54) is 6.26 Å². The lowest BCUT2D eigenvalue weighted by atomic mass is 10.1. The van der Waals surface area contributed by atoms with Gasteiger partial charge in [-0.25, -0.2) is 0 Å². The van der Waals surface area contributed by atoms with Gasteiger partial charge in [-0.1, -0.05) is 30.3 Å². The highest BCUT2D eigenvalue weighted by Crippen LogP contribution is 2.11. The Morgan fingerprint density at radius 1 is 1.42 bits per heavy atom. The highest BCUT2D eigenvalue weighted by atomic mass is 16.5. The number of allylic oxidation sites excluding steroid dienone is 1. The van der Waals surface area contributed by atoms with Gasteiger partial charge < -0.3 is 4.74 Å². The molecule has 0 atom stereocenters. The number of hydrogen-bond donors (Lipinski definition) is 0. The standard InChI is InChI=1S/C10H9NO/c1-9(7-12-8-11)10-5-3-2-4-6-10/h2-7H,1H3. The maximum atomic E-state index is 8.15. The van der Waals surface area contributed by atoms with Gasteiger partial charge in [-0.15, -0.1) is 5.26 Å². The maximum Gasteiger partial charge on any atom is 0.291 e. The Balaban J connectivity index is 2.79. The molecule has 1 rings (SSSR count). The number of hydrogen-bond acceptors (Lipinski definition) is 2. The zero-order valence-electron chi connectivity index (χ0n) is 6.82. The molecule has 0 radical (unpaired) electrons. The SMILES string of the molecule is CC(=COC#N)c1ccccc1. The van der Waals surface area contributed by atoms with E-state index in [-0.39, 0.29) is 0 Å². The molecular formula is C10H9NO. The van der Waals surface area contributed by atoms with E-state index in [0.29, 0.717) is 0 Å². The van der Waals surface area contributed by atoms with Crippen LogP contribution in [-0.2, 0) is 4.74 Å². The highest BCUT2D eigenvalue weighted by molar-refractivity contribution is 5.62. The Morgan fingerprint density at radius 2 is 2.08 bits per heavy atom. The summed E-state index contributed by atoms with van der Waals surface area (Å²) in [4.78, 5) is 0. The molecule has 0 fully saturated rings. The second-order valence-electron chi connectivity index (χ2n) is 2.38. The molecule has 1 aromatic carbocycles. The second-order valence-corrected chi connectivity index (χ2v) is 2.38. The van der Waals surface area contributed by atoms with Crippen LogP contribution in [0.15, 0.2) is 36.6 Å². The Hall–Kier alpha value is -1.75. The summed E-state index contributed by atoms with van der Waals surface area (Å²) in [5.74, 6) is 0. The second kappa shape index (κ2) is 4.20. The fourth-order valence-electron chi connectivity index (χ4n) is 0.884. The van der Waals surface area contributed by atoms with Crippen LogP contribution < -0.4 is 0 Å². The molecule has 0 aliphatic carbocycles. The topological polar surface area (TPSA) is 33.0 Å². The van der Waals surface area contributed by atoms with Crippen molar-refractivity contribution in [2.45, 2.75) is 6.92 Å². The number of ether oxygens (including phenoxy) is 1. The van der Waals surface area contributed by atoms with Gasteiger partial charge in [0.2, 0.25) is 0 Å². The summed E-state index contributed by atoms with van der Waals surface area (Å²) in [6, 6.07) is 9.76. The summed E-state index contributed by atoms with van der Waals surface area (Å²) in [6.45, 7) is 1.90. The van der Waals surface area contributed by atoms with Crippen molar-refractivity contribution < 1.29 is 4.74 Å². The predicted octanol–water partition coefficient (Wildman–Crippen LogP) is 2.55. The van der Waals surface area contributed by atoms with E-state index in [2.05, 4.69) is 4.74 Å². The molecule has 2 heteroatoms. The Kier molecular flexibility index (Phi) is 2.92. The van der Waals surface area contributed by atoms with Crippen LogP contribution in [0.3, 0.4) is 0 Å². The van der Waals surface area contributed by atoms with Crippen LogP contribution in [-0.4, -0.2) is 0 Å². The summed E-state index contributed by atoms with van der Waals surface area (Å²) in [6.07, 6.45) is 3.03. The van der Waals surface area contributed by atoms with Gasteiger partial charge in [-0.2, -0.15) is 0 Å². The van der Waals surface area contributed by atoms with Gasteiger partial charge in [0.1, 0.15) is 6.26 Å². The third kappa shape index (κ3) is 2.14. The largest absolute Gasteiger partial charge is 0.396 e. The summed E-state index contributed by atoms with van der Waals surface area (Å²) in [5, 5.41) is 8.15. The molecule has 60 valence electrons. The van der Waals surface area contributed by atoms with Gasteiger partial charge in [0.25, 0.3) is 6.26 Å². The molecule has 2 nitrogen and oxygen atoms in total.